The number of carbonyl (C=O) groups is 1. The van der Waals surface area contributed by atoms with Crippen molar-refractivity contribution in [1.29, 1.82) is 0 Å². The van der Waals surface area contributed by atoms with Gasteiger partial charge in [-0.1, -0.05) is 49.4 Å². The van der Waals surface area contributed by atoms with Crippen LogP contribution in [0.2, 0.25) is 0 Å². The Balaban J connectivity index is 1.89. The monoisotopic (exact) mass is 478 g/mol. The number of aromatic amines is 1. The number of nitrogens with one attached hydrogen (secondary N) is 1. The number of rotatable bonds is 7. The zero-order chi connectivity index (χ0) is 25.0. The molecular formula is C27H21F3N2O3. The molecule has 1 heterocycles. The van der Waals surface area contributed by atoms with Gasteiger partial charge in [0.15, 0.2) is 0 Å². The van der Waals surface area contributed by atoms with Gasteiger partial charge in [0.05, 0.1) is 17.4 Å². The molecule has 0 aliphatic rings. The number of halogens is 3. The van der Waals surface area contributed by atoms with Gasteiger partial charge in [-0.15, -0.1) is 13.2 Å². The average Bonchev–Trinajstić information content (AvgIpc) is 3.28. The molecule has 0 saturated carbocycles. The van der Waals surface area contributed by atoms with E-state index in [1.54, 1.807) is 24.5 Å². The van der Waals surface area contributed by atoms with E-state index in [1.807, 2.05) is 37.3 Å². The van der Waals surface area contributed by atoms with Crippen LogP contribution in [0.25, 0.3) is 28.3 Å². The lowest BCUT2D eigenvalue weighted by molar-refractivity contribution is -0.274. The summed E-state index contributed by atoms with van der Waals surface area (Å²) in [6, 6.07) is 19.0. The topological polar surface area (TPSA) is 75.2 Å². The van der Waals surface area contributed by atoms with Crippen LogP contribution in [-0.2, 0) is 4.79 Å². The number of nitrogens with zero attached hydrogens (tertiary/aromatic N) is 1. The number of aromatic nitrogens is 2. The molecule has 0 saturated heterocycles. The van der Waals surface area contributed by atoms with Crippen LogP contribution < -0.4 is 4.74 Å². The maximum atomic E-state index is 12.8. The van der Waals surface area contributed by atoms with Gasteiger partial charge in [-0.05, 0) is 70.2 Å². The summed E-state index contributed by atoms with van der Waals surface area (Å²) in [4.78, 5) is 18.2. The van der Waals surface area contributed by atoms with Gasteiger partial charge in [0.1, 0.15) is 5.75 Å². The Kier molecular flexibility index (Phi) is 6.73. The molecule has 0 amide bonds. The third-order valence-corrected chi connectivity index (χ3v) is 5.40. The first kappa shape index (κ1) is 23.8. The fraction of sp³-hybridized carbons (Fsp3) is 0.111. The van der Waals surface area contributed by atoms with E-state index < -0.39 is 12.3 Å². The summed E-state index contributed by atoms with van der Waals surface area (Å²) in [6.45, 7) is 1.93. The van der Waals surface area contributed by atoms with Crippen molar-refractivity contribution >= 4 is 34.2 Å². The van der Waals surface area contributed by atoms with E-state index in [2.05, 4.69) is 14.7 Å². The van der Waals surface area contributed by atoms with E-state index in [4.69, 9.17) is 5.11 Å². The lowest BCUT2D eigenvalue weighted by Gasteiger charge is -2.18. The van der Waals surface area contributed by atoms with E-state index in [9.17, 15) is 18.0 Å². The van der Waals surface area contributed by atoms with Crippen LogP contribution >= 0.6 is 0 Å². The number of allylic oxidation sites excluding steroid dienone is 1. The quantitative estimate of drug-likeness (QED) is 0.223. The minimum absolute atomic E-state index is 0.294. The lowest BCUT2D eigenvalue weighted by Crippen LogP contribution is -2.17. The average molecular weight is 478 g/mol. The number of carboxylic acid groups (broad SMARTS) is 1. The van der Waals surface area contributed by atoms with Crippen LogP contribution in [0.1, 0.15) is 35.6 Å². The number of aliphatic carboxylic acids is 1. The molecule has 0 unspecified atom stereocenters. The van der Waals surface area contributed by atoms with Gasteiger partial charge in [-0.3, -0.25) is 0 Å². The van der Waals surface area contributed by atoms with Crippen molar-refractivity contribution in [3.63, 3.8) is 0 Å². The Bertz CT molecular complexity index is 1420. The largest absolute Gasteiger partial charge is 0.573 e. The Morgan fingerprint density at radius 2 is 1.77 bits per heavy atom. The highest BCUT2D eigenvalue weighted by Crippen LogP contribution is 2.37. The van der Waals surface area contributed by atoms with Crippen molar-refractivity contribution in [3.05, 3.63) is 101 Å². The number of hydrogen-bond acceptors (Lipinski definition) is 3. The van der Waals surface area contributed by atoms with Gasteiger partial charge in [0, 0.05) is 6.08 Å². The Morgan fingerprint density at radius 3 is 2.46 bits per heavy atom. The van der Waals surface area contributed by atoms with Crippen molar-refractivity contribution in [2.24, 2.45) is 0 Å². The number of benzene rings is 3. The fourth-order valence-electron chi connectivity index (χ4n) is 3.94. The molecule has 2 N–H and O–H groups in total. The minimum atomic E-state index is -4.79. The van der Waals surface area contributed by atoms with E-state index in [-0.39, 0.29) is 5.75 Å². The molecule has 5 nitrogen and oxygen atoms in total. The van der Waals surface area contributed by atoms with E-state index in [0.29, 0.717) is 17.5 Å². The normalized spacial score (nSPS) is 12.7. The maximum Gasteiger partial charge on any atom is 0.573 e. The molecule has 0 spiro atoms. The van der Waals surface area contributed by atoms with Gasteiger partial charge in [-0.25, -0.2) is 9.78 Å². The van der Waals surface area contributed by atoms with Crippen LogP contribution in [0.5, 0.6) is 5.75 Å². The summed E-state index contributed by atoms with van der Waals surface area (Å²) in [5.41, 5.74) is 6.24. The molecule has 0 radical (unpaired) electrons. The fourth-order valence-corrected chi connectivity index (χ4v) is 3.94. The zero-order valence-corrected chi connectivity index (χ0v) is 18.6. The summed E-state index contributed by atoms with van der Waals surface area (Å²) in [5, 5.41) is 8.88. The number of alkyl halides is 3. The summed E-state index contributed by atoms with van der Waals surface area (Å²) in [6.07, 6.45) is -0.114. The molecule has 0 aliphatic heterocycles. The predicted octanol–water partition coefficient (Wildman–Crippen LogP) is 6.93. The summed E-state index contributed by atoms with van der Waals surface area (Å²) in [7, 11) is 0. The molecule has 0 bridgehead atoms. The SMILES string of the molecule is CC/C(=C(/c1ccc(/C=C/C(=O)O)cc1)c1ccc2[nH]cnc2c1)c1cccc(OC(F)(F)F)c1. The molecule has 0 atom stereocenters. The van der Waals surface area contributed by atoms with E-state index in [0.717, 1.165) is 39.4 Å². The Morgan fingerprint density at radius 1 is 1.03 bits per heavy atom. The summed E-state index contributed by atoms with van der Waals surface area (Å²) >= 11 is 0. The number of H-pyrrole nitrogens is 1. The van der Waals surface area contributed by atoms with Crippen LogP contribution in [0.4, 0.5) is 13.2 Å². The van der Waals surface area contributed by atoms with Crippen molar-refractivity contribution < 1.29 is 27.8 Å². The molecule has 3 aromatic carbocycles. The first-order valence-corrected chi connectivity index (χ1v) is 10.8. The van der Waals surface area contributed by atoms with Crippen molar-refractivity contribution in [2.45, 2.75) is 19.7 Å². The van der Waals surface area contributed by atoms with Crippen LogP contribution in [0.15, 0.2) is 79.1 Å². The zero-order valence-electron chi connectivity index (χ0n) is 18.6. The highest BCUT2D eigenvalue weighted by molar-refractivity contribution is 6.00. The first-order chi connectivity index (χ1) is 16.7. The second kappa shape index (κ2) is 9.89. The van der Waals surface area contributed by atoms with E-state index >= 15 is 0 Å². The lowest BCUT2D eigenvalue weighted by atomic mass is 9.87. The Hall–Kier alpha value is -4.33. The maximum absolute atomic E-state index is 12.8. The smallest absolute Gasteiger partial charge is 0.478 e. The number of hydrogen-bond donors (Lipinski definition) is 2. The number of carboxylic acids is 1. The van der Waals surface area contributed by atoms with Gasteiger partial charge in [-0.2, -0.15) is 0 Å². The number of fused-ring (bicyclic) bond motifs is 1. The summed E-state index contributed by atoms with van der Waals surface area (Å²) in [5.74, 6) is -1.34. The predicted molar refractivity (Wildman–Crippen MR) is 129 cm³/mol. The highest BCUT2D eigenvalue weighted by atomic mass is 19.4. The molecule has 1 aromatic heterocycles. The number of ether oxygens (including phenoxy) is 1. The number of imidazole rings is 1. The van der Waals surface area contributed by atoms with Crippen LogP contribution in [-0.4, -0.2) is 27.4 Å². The van der Waals surface area contributed by atoms with Crippen molar-refractivity contribution in [2.75, 3.05) is 0 Å². The first-order valence-electron chi connectivity index (χ1n) is 10.8. The standard InChI is InChI=1S/C27H21F3N2O3/c1-2-22(19-4-3-5-21(14-19)35-27(28,29)30)26(20-11-12-23-24(15-20)32-16-31-23)18-9-6-17(7-10-18)8-13-25(33)34/h3-16H,2H2,1H3,(H,31,32)(H,33,34)/b13-8+,26-22+. The van der Waals surface area contributed by atoms with Gasteiger partial charge < -0.3 is 14.8 Å². The van der Waals surface area contributed by atoms with E-state index in [1.165, 1.54) is 24.3 Å². The molecule has 8 heteroatoms. The minimum Gasteiger partial charge on any atom is -0.478 e. The second-order valence-electron chi connectivity index (χ2n) is 7.71. The highest BCUT2D eigenvalue weighted by Gasteiger charge is 2.31. The molecule has 0 fully saturated rings. The molecule has 4 rings (SSSR count). The third-order valence-electron chi connectivity index (χ3n) is 5.40. The van der Waals surface area contributed by atoms with Gasteiger partial charge >= 0.3 is 12.3 Å². The Labute approximate surface area is 199 Å². The second-order valence-corrected chi connectivity index (χ2v) is 7.71. The molecular weight excluding hydrogens is 457 g/mol. The van der Waals surface area contributed by atoms with Gasteiger partial charge in [0.2, 0.25) is 0 Å². The molecule has 4 aromatic rings. The van der Waals surface area contributed by atoms with Gasteiger partial charge in [0.25, 0.3) is 0 Å². The van der Waals surface area contributed by atoms with Crippen LogP contribution in [0.3, 0.4) is 0 Å². The molecule has 35 heavy (non-hydrogen) atoms. The van der Waals surface area contributed by atoms with Crippen molar-refractivity contribution in [3.8, 4) is 5.75 Å². The molecule has 0 aliphatic carbocycles. The van der Waals surface area contributed by atoms with Crippen LogP contribution in [0, 0.1) is 0 Å². The van der Waals surface area contributed by atoms with Crippen molar-refractivity contribution in [1.82, 2.24) is 9.97 Å². The summed E-state index contributed by atoms with van der Waals surface area (Å²) < 4.78 is 42.6. The molecule has 178 valence electrons. The third kappa shape index (κ3) is 5.78.